The number of nitrogens with zero attached hydrogens (tertiary/aromatic N) is 5. The molecule has 4 N–H and O–H groups in total. The molecule has 1 aliphatic rings. The predicted molar refractivity (Wildman–Crippen MR) is 108 cm³/mol. The van der Waals surface area contributed by atoms with Crippen molar-refractivity contribution in [2.24, 2.45) is 5.10 Å². The summed E-state index contributed by atoms with van der Waals surface area (Å²) in [5.41, 5.74) is 2.07. The fraction of sp³-hybridized carbons (Fsp3) is 0.500. The van der Waals surface area contributed by atoms with Crippen LogP contribution < -0.4 is 16.1 Å². The van der Waals surface area contributed by atoms with Gasteiger partial charge in [0.25, 0.3) is 0 Å². The van der Waals surface area contributed by atoms with Crippen LogP contribution in [-0.4, -0.2) is 38.7 Å². The highest BCUT2D eigenvalue weighted by molar-refractivity contribution is 6.14. The summed E-state index contributed by atoms with van der Waals surface area (Å²) in [6.45, 7) is 5.75. The van der Waals surface area contributed by atoms with Crippen LogP contribution in [-0.2, 0) is 11.7 Å². The number of anilines is 3. The van der Waals surface area contributed by atoms with Gasteiger partial charge in [-0.1, -0.05) is 0 Å². The number of hydrogen-bond donors (Lipinski definition) is 4. The van der Waals surface area contributed by atoms with Gasteiger partial charge in [-0.3, -0.25) is 5.43 Å². The van der Waals surface area contributed by atoms with Crippen molar-refractivity contribution in [3.05, 3.63) is 23.5 Å². The molecule has 1 fully saturated rings. The normalized spacial score (nSPS) is 14.7. The Labute approximate surface area is 171 Å². The quantitative estimate of drug-likeness (QED) is 0.361. The van der Waals surface area contributed by atoms with Gasteiger partial charge in [0, 0.05) is 25.0 Å². The SMILES string of the molecule is CCNc1nc(Nc2cc(C(C)(C)N/N=C\C=N)nn2C2CC2)ncc1C(F)(F)F. The van der Waals surface area contributed by atoms with E-state index in [1.165, 1.54) is 6.21 Å². The molecule has 3 rings (SSSR count). The highest BCUT2D eigenvalue weighted by atomic mass is 19.4. The molecule has 0 amide bonds. The monoisotopic (exact) mass is 423 g/mol. The summed E-state index contributed by atoms with van der Waals surface area (Å²) in [6, 6.07) is 2.00. The molecule has 162 valence electrons. The van der Waals surface area contributed by atoms with E-state index in [4.69, 9.17) is 5.41 Å². The van der Waals surface area contributed by atoms with Gasteiger partial charge < -0.3 is 16.0 Å². The van der Waals surface area contributed by atoms with Gasteiger partial charge in [0.2, 0.25) is 5.95 Å². The second-order valence-electron chi connectivity index (χ2n) is 7.38. The number of aromatic nitrogens is 4. The molecule has 9 nitrogen and oxygen atoms in total. The van der Waals surface area contributed by atoms with Gasteiger partial charge in [-0.25, -0.2) is 9.67 Å². The molecule has 0 unspecified atom stereocenters. The Hall–Kier alpha value is -3.18. The van der Waals surface area contributed by atoms with Gasteiger partial charge >= 0.3 is 6.18 Å². The van der Waals surface area contributed by atoms with Crippen LogP contribution in [0.2, 0.25) is 0 Å². The van der Waals surface area contributed by atoms with Gasteiger partial charge in [0.1, 0.15) is 17.2 Å². The largest absolute Gasteiger partial charge is 0.421 e. The molecule has 2 aromatic rings. The number of nitrogens with one attached hydrogen (secondary N) is 4. The van der Waals surface area contributed by atoms with Gasteiger partial charge in [-0.05, 0) is 33.6 Å². The van der Waals surface area contributed by atoms with Crippen molar-refractivity contribution < 1.29 is 13.2 Å². The first-order valence-electron chi connectivity index (χ1n) is 9.50. The molecular formula is C18H24F3N9. The maximum Gasteiger partial charge on any atom is 0.421 e. The van der Waals surface area contributed by atoms with Crippen molar-refractivity contribution in [2.45, 2.75) is 51.4 Å². The minimum atomic E-state index is -4.55. The van der Waals surface area contributed by atoms with Gasteiger partial charge in [-0.15, -0.1) is 0 Å². The molecule has 0 radical (unpaired) electrons. The molecule has 12 heteroatoms. The molecule has 2 heterocycles. The summed E-state index contributed by atoms with van der Waals surface area (Å²) in [4.78, 5) is 7.87. The van der Waals surface area contributed by atoms with Gasteiger partial charge in [0.15, 0.2) is 0 Å². The first-order valence-corrected chi connectivity index (χ1v) is 9.50. The number of alkyl halides is 3. The number of rotatable bonds is 9. The van der Waals surface area contributed by atoms with E-state index in [0.29, 0.717) is 18.1 Å². The Kier molecular flexibility index (Phi) is 5.94. The van der Waals surface area contributed by atoms with Crippen LogP contribution >= 0.6 is 0 Å². The zero-order valence-corrected chi connectivity index (χ0v) is 16.9. The average Bonchev–Trinajstić information content (AvgIpc) is 3.41. The van der Waals surface area contributed by atoms with Crippen molar-refractivity contribution in [3.63, 3.8) is 0 Å². The van der Waals surface area contributed by atoms with Gasteiger partial charge in [0.05, 0.1) is 23.5 Å². The second kappa shape index (κ2) is 8.28. The molecule has 1 aliphatic carbocycles. The maximum atomic E-state index is 13.2. The molecule has 2 aromatic heterocycles. The van der Waals surface area contributed by atoms with Crippen LogP contribution in [0.1, 0.15) is 50.9 Å². The van der Waals surface area contributed by atoms with Crippen LogP contribution in [0.5, 0.6) is 0 Å². The fourth-order valence-electron chi connectivity index (χ4n) is 2.75. The van der Waals surface area contributed by atoms with Crippen LogP contribution in [0.15, 0.2) is 17.4 Å². The Bertz CT molecular complexity index is 929. The van der Waals surface area contributed by atoms with E-state index in [1.54, 1.807) is 17.7 Å². The highest BCUT2D eigenvalue weighted by Gasteiger charge is 2.36. The molecule has 30 heavy (non-hydrogen) atoms. The molecule has 0 aliphatic heterocycles. The summed E-state index contributed by atoms with van der Waals surface area (Å²) >= 11 is 0. The zero-order chi connectivity index (χ0) is 21.9. The Morgan fingerprint density at radius 3 is 2.67 bits per heavy atom. The van der Waals surface area contributed by atoms with E-state index >= 15 is 0 Å². The minimum Gasteiger partial charge on any atom is -0.370 e. The van der Waals surface area contributed by atoms with Crippen molar-refractivity contribution in [2.75, 3.05) is 17.2 Å². The Morgan fingerprint density at radius 2 is 2.07 bits per heavy atom. The van der Waals surface area contributed by atoms with E-state index in [1.807, 2.05) is 13.8 Å². The summed E-state index contributed by atoms with van der Waals surface area (Å²) in [7, 11) is 0. The minimum absolute atomic E-state index is 0.0416. The van der Waals surface area contributed by atoms with Crippen LogP contribution in [0.3, 0.4) is 0 Å². The first-order chi connectivity index (χ1) is 14.2. The zero-order valence-electron chi connectivity index (χ0n) is 16.9. The molecule has 0 atom stereocenters. The molecule has 0 bridgehead atoms. The maximum absolute atomic E-state index is 13.2. The number of hydrazone groups is 1. The van der Waals surface area contributed by atoms with Crippen LogP contribution in [0.4, 0.5) is 30.8 Å². The Balaban J connectivity index is 1.91. The average molecular weight is 423 g/mol. The first kappa shape index (κ1) is 21.5. The van der Waals surface area contributed by atoms with Crippen molar-refractivity contribution in [1.82, 2.24) is 25.2 Å². The smallest absolute Gasteiger partial charge is 0.370 e. The van der Waals surface area contributed by atoms with Crippen molar-refractivity contribution in [3.8, 4) is 0 Å². The second-order valence-corrected chi connectivity index (χ2v) is 7.38. The summed E-state index contributed by atoms with van der Waals surface area (Å²) < 4.78 is 41.3. The summed E-state index contributed by atoms with van der Waals surface area (Å²) in [5, 5.41) is 21.3. The van der Waals surface area contributed by atoms with Crippen LogP contribution in [0.25, 0.3) is 0 Å². The third kappa shape index (κ3) is 4.86. The molecule has 0 aromatic carbocycles. The lowest BCUT2D eigenvalue weighted by Crippen LogP contribution is -2.33. The van der Waals surface area contributed by atoms with E-state index in [9.17, 15) is 13.2 Å². The fourth-order valence-corrected chi connectivity index (χ4v) is 2.75. The molecule has 1 saturated carbocycles. The third-order valence-corrected chi connectivity index (χ3v) is 4.44. The van der Waals surface area contributed by atoms with E-state index in [2.05, 4.69) is 36.2 Å². The molecule has 0 saturated heterocycles. The lowest BCUT2D eigenvalue weighted by Gasteiger charge is -2.21. The third-order valence-electron chi connectivity index (χ3n) is 4.44. The number of halogens is 3. The topological polar surface area (TPSA) is 116 Å². The van der Waals surface area contributed by atoms with Gasteiger partial charge in [-0.2, -0.15) is 28.4 Å². The lowest BCUT2D eigenvalue weighted by molar-refractivity contribution is -0.137. The lowest BCUT2D eigenvalue weighted by atomic mass is 10.0. The Morgan fingerprint density at radius 1 is 1.33 bits per heavy atom. The van der Waals surface area contributed by atoms with E-state index in [0.717, 1.165) is 25.3 Å². The van der Waals surface area contributed by atoms with Crippen molar-refractivity contribution >= 4 is 30.0 Å². The number of hydrogen-bond acceptors (Lipinski definition) is 8. The van der Waals surface area contributed by atoms with E-state index in [-0.39, 0.29) is 17.8 Å². The van der Waals surface area contributed by atoms with E-state index < -0.39 is 17.3 Å². The predicted octanol–water partition coefficient (Wildman–Crippen LogP) is 3.66. The molecular weight excluding hydrogens is 399 g/mol. The van der Waals surface area contributed by atoms with Crippen molar-refractivity contribution in [1.29, 1.82) is 5.41 Å². The summed E-state index contributed by atoms with van der Waals surface area (Å²) in [5.74, 6) is 0.351. The standard InChI is InChI=1S/C18H24F3N9/c1-4-23-15-12(18(19,20)21)10-24-16(27-15)26-14-9-13(28-30(14)11-5-6-11)17(2,3)29-25-8-7-22/h7-11,22,29H,4-6H2,1-3H3,(H2,23,24,26,27)/b22-7?,25-8-. The highest BCUT2D eigenvalue weighted by Crippen LogP contribution is 2.39. The summed E-state index contributed by atoms with van der Waals surface area (Å²) in [6.07, 6.45) is 0.521. The molecule has 0 spiro atoms. The van der Waals surface area contributed by atoms with Crippen LogP contribution in [0, 0.1) is 5.41 Å².